The number of aromatic nitrogens is 1. The summed E-state index contributed by atoms with van der Waals surface area (Å²) in [7, 11) is 0. The highest BCUT2D eigenvalue weighted by Gasteiger charge is 2.54. The fourth-order valence-corrected chi connectivity index (χ4v) is 6.93. The Bertz CT molecular complexity index is 1990. The number of carbonyl (C=O) groups excluding carboxylic acids is 1. The molecule has 0 unspecified atom stereocenters. The van der Waals surface area contributed by atoms with E-state index >= 15 is 8.78 Å². The summed E-state index contributed by atoms with van der Waals surface area (Å²) >= 11 is 6.65. The van der Waals surface area contributed by atoms with Gasteiger partial charge < -0.3 is 23.8 Å². The molecule has 1 saturated heterocycles. The molecule has 240 valence electrons. The highest BCUT2D eigenvalue weighted by molar-refractivity contribution is 6.34. The molecule has 12 heteroatoms. The van der Waals surface area contributed by atoms with Crippen molar-refractivity contribution in [3.63, 3.8) is 0 Å². The second-order valence-corrected chi connectivity index (χ2v) is 13.1. The van der Waals surface area contributed by atoms with E-state index in [9.17, 15) is 15.3 Å². The average molecular weight is 661 g/mol. The molecule has 3 aliphatic rings. The first-order valence-electron chi connectivity index (χ1n) is 15.0. The summed E-state index contributed by atoms with van der Waals surface area (Å²) < 4.78 is 57.2. The van der Waals surface area contributed by atoms with Gasteiger partial charge in [-0.1, -0.05) is 41.9 Å². The SMILES string of the molecule is CC(C)(C)OC(=O)N1CCC[C@H]1[C@@]1(c2ccccc2)Cc2c(cc(F)c(Cl)c2-c2c(C#N)cc3c(c2F)Oc2cc[n+](O)cc2O3)O1. The van der Waals surface area contributed by atoms with Crippen LogP contribution < -0.4 is 18.9 Å². The average Bonchev–Trinajstić information content (AvgIpc) is 3.67. The molecule has 0 bridgehead atoms. The number of nitriles is 1. The minimum atomic E-state index is -1.22. The van der Waals surface area contributed by atoms with Crippen LogP contribution in [0, 0.1) is 23.0 Å². The fraction of sp³-hybridized carbons (Fsp3) is 0.286. The number of nitrogens with zero attached hydrogens (tertiary/aromatic N) is 3. The van der Waals surface area contributed by atoms with E-state index in [2.05, 4.69) is 0 Å². The molecule has 1 N–H and O–H groups in total. The predicted molar refractivity (Wildman–Crippen MR) is 164 cm³/mol. The molecule has 0 radical (unpaired) electrons. The molecule has 1 aromatic heterocycles. The Kier molecular flexibility index (Phi) is 7.17. The zero-order valence-corrected chi connectivity index (χ0v) is 26.4. The molecule has 0 saturated carbocycles. The zero-order valence-electron chi connectivity index (χ0n) is 25.6. The lowest BCUT2D eigenvalue weighted by Crippen LogP contribution is -2.53. The Morgan fingerprint density at radius 3 is 2.60 bits per heavy atom. The van der Waals surface area contributed by atoms with Crippen molar-refractivity contribution in [1.29, 1.82) is 5.26 Å². The van der Waals surface area contributed by atoms with Gasteiger partial charge in [0.05, 0.1) is 22.7 Å². The topological polar surface area (TPSA) is 105 Å². The smallest absolute Gasteiger partial charge is 0.410 e. The van der Waals surface area contributed by atoms with E-state index in [-0.39, 0.29) is 51.9 Å². The third-order valence-electron chi connectivity index (χ3n) is 8.56. The van der Waals surface area contributed by atoms with Gasteiger partial charge in [-0.3, -0.25) is 5.21 Å². The van der Waals surface area contributed by atoms with Gasteiger partial charge in [0.1, 0.15) is 23.2 Å². The number of amides is 1. The van der Waals surface area contributed by atoms with Crippen molar-refractivity contribution in [2.45, 2.75) is 57.3 Å². The van der Waals surface area contributed by atoms with Crippen LogP contribution in [0.1, 0.15) is 50.3 Å². The number of fused-ring (bicyclic) bond motifs is 3. The van der Waals surface area contributed by atoms with E-state index in [0.29, 0.717) is 24.9 Å². The van der Waals surface area contributed by atoms with Crippen LogP contribution in [0.15, 0.2) is 60.9 Å². The van der Waals surface area contributed by atoms with E-state index in [1.165, 1.54) is 24.5 Å². The molecular weight excluding hydrogens is 632 g/mol. The number of halogens is 3. The Morgan fingerprint density at radius 2 is 1.87 bits per heavy atom. The van der Waals surface area contributed by atoms with Gasteiger partial charge in [0.2, 0.25) is 17.7 Å². The Hall–Kier alpha value is -5.08. The minimum Gasteiger partial charge on any atom is -0.480 e. The Balaban J connectivity index is 1.39. The number of carbonyl (C=O) groups is 1. The Labute approximate surface area is 274 Å². The molecular formula is C35H29ClF2N3O6+. The number of pyridine rings is 1. The van der Waals surface area contributed by atoms with Crippen LogP contribution >= 0.6 is 11.6 Å². The van der Waals surface area contributed by atoms with Crippen LogP contribution in [0.3, 0.4) is 0 Å². The van der Waals surface area contributed by atoms with Crippen molar-refractivity contribution in [1.82, 2.24) is 4.90 Å². The largest absolute Gasteiger partial charge is 0.480 e. The molecule has 2 atom stereocenters. The standard InChI is InChI=1S/C35H29ClF2N3O6/c1-34(2,3)47-33(42)41-12-7-10-27(41)35(20-8-5-4-6-9-20)16-21-24(46-35)15-22(37)30(36)29(21)28-19(17-39)14-25-32(31(28)38)45-23-11-13-40(43)18-26(23)44-25/h4-6,8-9,11,13-15,18,27,43H,7,10,12,16H2,1-3H3/q+1/t27-,35-/m0/s1. The molecule has 0 spiro atoms. The quantitative estimate of drug-likeness (QED) is 0.155. The van der Waals surface area contributed by atoms with Gasteiger partial charge >= 0.3 is 6.09 Å². The maximum atomic E-state index is 16.7. The minimum absolute atomic E-state index is 0.0613. The Morgan fingerprint density at radius 1 is 1.11 bits per heavy atom. The molecule has 47 heavy (non-hydrogen) atoms. The van der Waals surface area contributed by atoms with Crippen molar-refractivity contribution in [3.05, 3.63) is 94.3 Å². The summed E-state index contributed by atoms with van der Waals surface area (Å²) in [6, 6.07) is 14.5. The normalized spacial score (nSPS) is 19.4. The van der Waals surface area contributed by atoms with Crippen molar-refractivity contribution in [2.75, 3.05) is 6.54 Å². The lowest BCUT2D eigenvalue weighted by Gasteiger charge is -2.40. The summed E-state index contributed by atoms with van der Waals surface area (Å²) in [5, 5.41) is 19.6. The molecule has 4 heterocycles. The second kappa shape index (κ2) is 11.0. The second-order valence-electron chi connectivity index (χ2n) is 12.7. The lowest BCUT2D eigenvalue weighted by atomic mass is 9.79. The maximum absolute atomic E-state index is 16.7. The van der Waals surface area contributed by atoms with Gasteiger partial charge in [-0.2, -0.15) is 5.26 Å². The van der Waals surface area contributed by atoms with E-state index < -0.39 is 40.0 Å². The number of rotatable bonds is 3. The number of likely N-dealkylation sites (tertiary alicyclic amines) is 1. The van der Waals surface area contributed by atoms with Crippen LogP contribution in [-0.4, -0.2) is 34.4 Å². The van der Waals surface area contributed by atoms with Crippen LogP contribution in [0.5, 0.6) is 28.7 Å². The van der Waals surface area contributed by atoms with E-state index in [1.54, 1.807) is 25.7 Å². The molecule has 9 nitrogen and oxygen atoms in total. The number of hydrogen-bond donors (Lipinski definition) is 1. The monoisotopic (exact) mass is 660 g/mol. The molecule has 1 amide bonds. The number of benzene rings is 3. The lowest BCUT2D eigenvalue weighted by molar-refractivity contribution is -0.904. The summed E-state index contributed by atoms with van der Waals surface area (Å²) in [6.07, 6.45) is 3.29. The summed E-state index contributed by atoms with van der Waals surface area (Å²) in [5.41, 5.74) is -1.41. The molecule has 0 aliphatic carbocycles. The predicted octanol–water partition coefficient (Wildman–Crippen LogP) is 7.81. The van der Waals surface area contributed by atoms with Gasteiger partial charge in [0.15, 0.2) is 22.9 Å². The van der Waals surface area contributed by atoms with Crippen LogP contribution in [0.25, 0.3) is 11.1 Å². The number of ether oxygens (including phenoxy) is 4. The van der Waals surface area contributed by atoms with Crippen molar-refractivity contribution in [3.8, 4) is 45.9 Å². The first-order valence-corrected chi connectivity index (χ1v) is 15.4. The first kappa shape index (κ1) is 30.6. The summed E-state index contributed by atoms with van der Waals surface area (Å²) in [4.78, 5) is 15.1. The van der Waals surface area contributed by atoms with Gasteiger partial charge in [-0.15, -0.1) is 0 Å². The van der Waals surface area contributed by atoms with Crippen molar-refractivity contribution < 1.29 is 42.5 Å². The van der Waals surface area contributed by atoms with Crippen molar-refractivity contribution >= 4 is 17.7 Å². The third-order valence-corrected chi connectivity index (χ3v) is 8.93. The van der Waals surface area contributed by atoms with Crippen LogP contribution in [-0.2, 0) is 16.8 Å². The zero-order chi connectivity index (χ0) is 33.2. The summed E-state index contributed by atoms with van der Waals surface area (Å²) in [6.45, 7) is 5.79. The third kappa shape index (κ3) is 5.04. The van der Waals surface area contributed by atoms with Gasteiger partial charge in [0, 0.05) is 46.5 Å². The molecule has 3 aliphatic heterocycles. The van der Waals surface area contributed by atoms with Gasteiger partial charge in [0.25, 0.3) is 6.20 Å². The van der Waals surface area contributed by atoms with Gasteiger partial charge in [-0.25, -0.2) is 13.6 Å². The molecule has 3 aromatic carbocycles. The highest BCUT2D eigenvalue weighted by Crippen LogP contribution is 2.55. The first-order chi connectivity index (χ1) is 22.4. The van der Waals surface area contributed by atoms with E-state index in [0.717, 1.165) is 16.4 Å². The van der Waals surface area contributed by atoms with E-state index in [1.807, 2.05) is 36.4 Å². The number of hydrogen-bond acceptors (Lipinski definition) is 7. The molecule has 4 aromatic rings. The molecule has 7 rings (SSSR count). The van der Waals surface area contributed by atoms with Crippen LogP contribution in [0.2, 0.25) is 5.02 Å². The van der Waals surface area contributed by atoms with E-state index in [4.69, 9.17) is 30.5 Å². The maximum Gasteiger partial charge on any atom is 0.410 e. The fourth-order valence-electron chi connectivity index (χ4n) is 6.67. The van der Waals surface area contributed by atoms with Gasteiger partial charge in [-0.05, 0) is 39.2 Å². The van der Waals surface area contributed by atoms with Crippen LogP contribution in [0.4, 0.5) is 13.6 Å². The summed E-state index contributed by atoms with van der Waals surface area (Å²) in [5.74, 6) is -2.00. The highest BCUT2D eigenvalue weighted by atomic mass is 35.5. The van der Waals surface area contributed by atoms with Crippen molar-refractivity contribution in [2.24, 2.45) is 0 Å². The molecule has 1 fully saturated rings.